The summed E-state index contributed by atoms with van der Waals surface area (Å²) in [5.41, 5.74) is 0. The number of nitrogens with one attached hydrogen (secondary N) is 2. The number of carbonyl (C=O) groups excluding carboxylic acids is 2. The highest BCUT2D eigenvalue weighted by atomic mass is 16.3. The monoisotopic (exact) mass is 238 g/mol. The highest BCUT2D eigenvalue weighted by Gasteiger charge is 2.09. The van der Waals surface area contributed by atoms with Gasteiger partial charge in [-0.1, -0.05) is 13.8 Å². The predicted octanol–water partition coefficient (Wildman–Crippen LogP) is 1.17. The lowest BCUT2D eigenvalue weighted by molar-refractivity contribution is -0.120. The molecule has 0 radical (unpaired) electrons. The maximum Gasteiger partial charge on any atom is 0.287 e. The van der Waals surface area contributed by atoms with Gasteiger partial charge in [0.25, 0.3) is 5.91 Å². The molecule has 1 aromatic heterocycles. The van der Waals surface area contributed by atoms with Crippen molar-refractivity contribution in [3.63, 3.8) is 0 Å². The largest absolute Gasteiger partial charge is 0.459 e. The molecule has 5 nitrogen and oxygen atoms in total. The molecule has 0 saturated heterocycles. The van der Waals surface area contributed by atoms with Gasteiger partial charge in [-0.15, -0.1) is 0 Å². The van der Waals surface area contributed by atoms with Crippen LogP contribution in [0.1, 0.15) is 30.8 Å². The van der Waals surface area contributed by atoms with Crippen molar-refractivity contribution >= 4 is 11.8 Å². The third kappa shape index (κ3) is 5.19. The molecule has 1 rings (SSSR count). The van der Waals surface area contributed by atoms with Crippen molar-refractivity contribution in [2.24, 2.45) is 5.92 Å². The maximum absolute atomic E-state index is 11.4. The Balaban J connectivity index is 2.18. The second kappa shape index (κ2) is 6.73. The number of amides is 2. The van der Waals surface area contributed by atoms with Crippen molar-refractivity contribution in [2.45, 2.75) is 20.3 Å². The molecular formula is C12H18N2O3. The van der Waals surface area contributed by atoms with E-state index in [0.29, 0.717) is 12.5 Å². The fraction of sp³-hybridized carbons (Fsp3) is 0.500. The van der Waals surface area contributed by atoms with Crippen molar-refractivity contribution in [2.75, 3.05) is 13.1 Å². The van der Waals surface area contributed by atoms with Crippen LogP contribution in [0.15, 0.2) is 22.8 Å². The summed E-state index contributed by atoms with van der Waals surface area (Å²) in [5, 5.41) is 5.21. The molecule has 0 bridgehead atoms. The Morgan fingerprint density at radius 1 is 1.35 bits per heavy atom. The lowest BCUT2D eigenvalue weighted by Gasteiger charge is -2.07. The predicted molar refractivity (Wildman–Crippen MR) is 63.5 cm³/mol. The highest BCUT2D eigenvalue weighted by molar-refractivity contribution is 5.94. The van der Waals surface area contributed by atoms with Crippen molar-refractivity contribution in [1.82, 2.24) is 10.6 Å². The molecule has 94 valence electrons. The van der Waals surface area contributed by atoms with E-state index in [1.54, 1.807) is 12.1 Å². The van der Waals surface area contributed by atoms with Crippen LogP contribution in [0.3, 0.4) is 0 Å². The van der Waals surface area contributed by atoms with Crippen LogP contribution in [0, 0.1) is 5.92 Å². The first kappa shape index (κ1) is 13.3. The molecule has 0 unspecified atom stereocenters. The van der Waals surface area contributed by atoms with E-state index in [2.05, 4.69) is 24.5 Å². The Hall–Kier alpha value is -1.78. The highest BCUT2D eigenvalue weighted by Crippen LogP contribution is 1.98. The van der Waals surface area contributed by atoms with Gasteiger partial charge in [0, 0.05) is 6.54 Å². The topological polar surface area (TPSA) is 71.3 Å². The first-order chi connectivity index (χ1) is 8.09. The molecule has 0 aliphatic carbocycles. The third-order valence-corrected chi connectivity index (χ3v) is 2.20. The Morgan fingerprint density at radius 2 is 2.12 bits per heavy atom. The van der Waals surface area contributed by atoms with Gasteiger partial charge in [-0.25, -0.2) is 0 Å². The van der Waals surface area contributed by atoms with Gasteiger partial charge in [-0.2, -0.15) is 0 Å². The van der Waals surface area contributed by atoms with E-state index in [0.717, 1.165) is 6.42 Å². The minimum Gasteiger partial charge on any atom is -0.459 e. The number of carbonyl (C=O) groups is 2. The second-order valence-corrected chi connectivity index (χ2v) is 4.19. The summed E-state index contributed by atoms with van der Waals surface area (Å²) in [6, 6.07) is 3.17. The van der Waals surface area contributed by atoms with Crippen LogP contribution in [-0.2, 0) is 4.79 Å². The fourth-order valence-corrected chi connectivity index (χ4v) is 1.22. The molecule has 2 N–H and O–H groups in total. The Labute approximate surface area is 101 Å². The van der Waals surface area contributed by atoms with Gasteiger partial charge in [-0.05, 0) is 24.5 Å². The van der Waals surface area contributed by atoms with Gasteiger partial charge >= 0.3 is 0 Å². The molecule has 0 aliphatic heterocycles. The van der Waals surface area contributed by atoms with Crippen LogP contribution >= 0.6 is 0 Å². The van der Waals surface area contributed by atoms with Crippen LogP contribution in [0.4, 0.5) is 0 Å². The molecule has 1 aromatic rings. The zero-order valence-corrected chi connectivity index (χ0v) is 10.2. The van der Waals surface area contributed by atoms with Crippen molar-refractivity contribution < 1.29 is 14.0 Å². The van der Waals surface area contributed by atoms with E-state index in [-0.39, 0.29) is 24.1 Å². The minimum absolute atomic E-state index is 0.0301. The molecule has 0 fully saturated rings. The van der Waals surface area contributed by atoms with E-state index in [1.807, 2.05) is 0 Å². The molecule has 0 aliphatic rings. The average Bonchev–Trinajstić information content (AvgIpc) is 2.78. The van der Waals surface area contributed by atoms with Crippen LogP contribution in [0.2, 0.25) is 0 Å². The molecule has 2 amide bonds. The Kier molecular flexibility index (Phi) is 5.26. The van der Waals surface area contributed by atoms with Gasteiger partial charge in [0.15, 0.2) is 5.76 Å². The lowest BCUT2D eigenvalue weighted by atomic mass is 10.1. The molecule has 0 atom stereocenters. The average molecular weight is 238 g/mol. The van der Waals surface area contributed by atoms with Crippen LogP contribution in [0.5, 0.6) is 0 Å². The maximum atomic E-state index is 11.4. The van der Waals surface area contributed by atoms with E-state index >= 15 is 0 Å². The summed E-state index contributed by atoms with van der Waals surface area (Å²) in [7, 11) is 0. The summed E-state index contributed by atoms with van der Waals surface area (Å²) >= 11 is 0. The summed E-state index contributed by atoms with van der Waals surface area (Å²) in [6.07, 6.45) is 2.34. The van der Waals surface area contributed by atoms with Gasteiger partial charge in [0.05, 0.1) is 12.8 Å². The molecule has 0 spiro atoms. The van der Waals surface area contributed by atoms with E-state index < -0.39 is 0 Å². The zero-order valence-electron chi connectivity index (χ0n) is 10.2. The molecule has 17 heavy (non-hydrogen) atoms. The summed E-state index contributed by atoms with van der Waals surface area (Å²) < 4.78 is 4.90. The summed E-state index contributed by atoms with van der Waals surface area (Å²) in [6.45, 7) is 4.78. The smallest absolute Gasteiger partial charge is 0.287 e. The minimum atomic E-state index is -0.381. The van der Waals surface area contributed by atoms with Gasteiger partial charge in [0.1, 0.15) is 0 Å². The zero-order chi connectivity index (χ0) is 12.7. The van der Waals surface area contributed by atoms with Gasteiger partial charge in [0.2, 0.25) is 5.91 Å². The number of furan rings is 1. The van der Waals surface area contributed by atoms with Crippen molar-refractivity contribution in [3.8, 4) is 0 Å². The standard InChI is InChI=1S/C12H18N2O3/c1-9(2)5-6-13-11(15)8-14-12(16)10-4-3-7-17-10/h3-4,7,9H,5-6,8H2,1-2H3,(H,13,15)(H,14,16). The van der Waals surface area contributed by atoms with E-state index in [9.17, 15) is 9.59 Å². The second-order valence-electron chi connectivity index (χ2n) is 4.19. The van der Waals surface area contributed by atoms with E-state index in [1.165, 1.54) is 6.26 Å². The number of rotatable bonds is 6. The molecule has 0 aromatic carbocycles. The molecule has 0 saturated carbocycles. The van der Waals surface area contributed by atoms with E-state index in [4.69, 9.17) is 4.42 Å². The molecule has 1 heterocycles. The normalized spacial score (nSPS) is 10.3. The Bertz CT molecular complexity index is 358. The summed E-state index contributed by atoms with van der Waals surface area (Å²) in [4.78, 5) is 22.7. The molecule has 5 heteroatoms. The first-order valence-electron chi connectivity index (χ1n) is 5.68. The van der Waals surface area contributed by atoms with Crippen LogP contribution < -0.4 is 10.6 Å². The molecular weight excluding hydrogens is 220 g/mol. The van der Waals surface area contributed by atoms with Crippen molar-refractivity contribution in [3.05, 3.63) is 24.2 Å². The first-order valence-corrected chi connectivity index (χ1v) is 5.68. The van der Waals surface area contributed by atoms with Gasteiger partial charge < -0.3 is 15.1 Å². The number of hydrogen-bond acceptors (Lipinski definition) is 3. The third-order valence-electron chi connectivity index (χ3n) is 2.20. The Morgan fingerprint density at radius 3 is 2.71 bits per heavy atom. The van der Waals surface area contributed by atoms with Crippen LogP contribution in [-0.4, -0.2) is 24.9 Å². The van der Waals surface area contributed by atoms with Crippen LogP contribution in [0.25, 0.3) is 0 Å². The fourth-order valence-electron chi connectivity index (χ4n) is 1.22. The van der Waals surface area contributed by atoms with Crippen molar-refractivity contribution in [1.29, 1.82) is 0 Å². The quantitative estimate of drug-likeness (QED) is 0.781. The SMILES string of the molecule is CC(C)CCNC(=O)CNC(=O)c1ccco1. The summed E-state index contributed by atoms with van der Waals surface area (Å²) in [5.74, 6) is 0.188. The number of hydrogen-bond donors (Lipinski definition) is 2. The lowest BCUT2D eigenvalue weighted by Crippen LogP contribution is -2.37. The van der Waals surface area contributed by atoms with Gasteiger partial charge in [-0.3, -0.25) is 9.59 Å².